The molecule has 0 fully saturated rings. The fourth-order valence-electron chi connectivity index (χ4n) is 6.61. The molecule has 2 unspecified atom stereocenters. The Morgan fingerprint density at radius 3 is 1.91 bits per heavy atom. The molecule has 0 saturated heterocycles. The molecule has 0 aliphatic heterocycles. The molecule has 0 radical (unpaired) electrons. The lowest BCUT2D eigenvalue weighted by Gasteiger charge is -2.48. The first kappa shape index (κ1) is 21.6. The second-order valence-corrected chi connectivity index (χ2v) is 11.0. The lowest BCUT2D eigenvalue weighted by molar-refractivity contribution is -0.142. The third kappa shape index (κ3) is 3.16. The van der Waals surface area contributed by atoms with Gasteiger partial charge in [0, 0.05) is 11.8 Å². The number of esters is 1. The number of hydrogen-bond acceptors (Lipinski definition) is 5. The first-order chi connectivity index (χ1) is 16.4. The predicted molar refractivity (Wildman–Crippen MR) is 126 cm³/mol. The molecule has 7 rings (SSSR count). The van der Waals surface area contributed by atoms with Crippen LogP contribution in [-0.4, -0.2) is 18.9 Å². The fraction of sp³-hybridized carbons (Fsp3) is 0.321. The Kier molecular flexibility index (Phi) is 4.94. The monoisotopic (exact) mass is 473 g/mol. The topological polar surface area (TPSA) is 83.5 Å². The summed E-state index contributed by atoms with van der Waals surface area (Å²) in [5.41, 5.74) is 6.13. The van der Waals surface area contributed by atoms with Crippen molar-refractivity contribution in [1.82, 2.24) is 0 Å². The second kappa shape index (κ2) is 7.79. The van der Waals surface area contributed by atoms with Gasteiger partial charge in [0.1, 0.15) is 15.9 Å². The molecule has 0 saturated carbocycles. The third-order valence-electron chi connectivity index (χ3n) is 7.98. The van der Waals surface area contributed by atoms with Gasteiger partial charge in [-0.15, -0.1) is 0 Å². The smallest absolute Gasteiger partial charge is 0.315 e. The molecule has 0 amide bonds. The van der Waals surface area contributed by atoms with E-state index in [9.17, 15) is 17.8 Å². The van der Waals surface area contributed by atoms with Gasteiger partial charge in [0.05, 0.1) is 10.8 Å². The molecule has 3 aromatic carbocycles. The van der Waals surface area contributed by atoms with Gasteiger partial charge in [0.2, 0.25) is 0 Å². The number of carbonyl (C=O) groups excluding carboxylic acids is 1. The summed E-state index contributed by atoms with van der Waals surface area (Å²) in [5.74, 6) is -0.162. The van der Waals surface area contributed by atoms with Gasteiger partial charge in [-0.05, 0) is 77.1 Å². The SMILES string of the molecule is CC1C2c3ccccc3C(c3ccccc32)C1C(=O)Oc1ccc(S(=O)(=O)[O-])c2c1CCCC2. The fourth-order valence-corrected chi connectivity index (χ4v) is 7.37. The van der Waals surface area contributed by atoms with Crippen LogP contribution in [0.15, 0.2) is 65.6 Å². The summed E-state index contributed by atoms with van der Waals surface area (Å²) >= 11 is 0. The summed E-state index contributed by atoms with van der Waals surface area (Å²) in [6.07, 6.45) is 2.77. The normalized spacial score (nSPS) is 24.6. The maximum atomic E-state index is 13.8. The van der Waals surface area contributed by atoms with Crippen LogP contribution in [0.4, 0.5) is 0 Å². The lowest BCUT2D eigenvalue weighted by Crippen LogP contribution is -2.44. The van der Waals surface area contributed by atoms with E-state index in [1.165, 1.54) is 34.4 Å². The van der Waals surface area contributed by atoms with E-state index in [0.29, 0.717) is 29.7 Å². The highest BCUT2D eigenvalue weighted by atomic mass is 32.2. The van der Waals surface area contributed by atoms with Crippen LogP contribution in [0.3, 0.4) is 0 Å². The molecule has 34 heavy (non-hydrogen) atoms. The van der Waals surface area contributed by atoms with E-state index in [1.54, 1.807) is 0 Å². The van der Waals surface area contributed by atoms with Gasteiger partial charge >= 0.3 is 5.97 Å². The van der Waals surface area contributed by atoms with Gasteiger partial charge in [0.15, 0.2) is 0 Å². The number of hydrogen-bond donors (Lipinski definition) is 0. The van der Waals surface area contributed by atoms with E-state index in [-0.39, 0.29) is 34.5 Å². The maximum absolute atomic E-state index is 13.8. The van der Waals surface area contributed by atoms with Crippen molar-refractivity contribution in [2.24, 2.45) is 11.8 Å². The number of benzene rings is 3. The van der Waals surface area contributed by atoms with Crippen molar-refractivity contribution < 1.29 is 22.5 Å². The molecule has 5 nitrogen and oxygen atoms in total. The molecule has 6 heteroatoms. The summed E-state index contributed by atoms with van der Waals surface area (Å²) in [6.45, 7) is 2.12. The van der Waals surface area contributed by atoms with Crippen molar-refractivity contribution in [3.63, 3.8) is 0 Å². The standard InChI is InChI=1S/C28H26O5S/c1-16-25-19-10-4-6-12-21(19)27(22-13-7-5-11-20(22)25)26(16)28(29)33-23-14-15-24(34(30,31)32)18-9-3-2-8-17(18)23/h4-7,10-16,25-27H,2-3,8-9H2,1H3,(H,30,31,32)/p-1. The molecule has 4 aliphatic carbocycles. The third-order valence-corrected chi connectivity index (χ3v) is 8.91. The van der Waals surface area contributed by atoms with Crippen molar-refractivity contribution in [2.75, 3.05) is 0 Å². The largest absolute Gasteiger partial charge is 0.744 e. The minimum absolute atomic E-state index is 0.0550. The van der Waals surface area contributed by atoms with Gasteiger partial charge in [-0.2, -0.15) is 0 Å². The zero-order valence-corrected chi connectivity index (χ0v) is 19.7. The van der Waals surface area contributed by atoms with Crippen molar-refractivity contribution in [3.05, 3.63) is 94.0 Å². The highest BCUT2D eigenvalue weighted by Gasteiger charge is 2.51. The molecule has 0 aromatic heterocycles. The molecule has 4 aliphatic rings. The Hall–Kier alpha value is -2.96. The van der Waals surface area contributed by atoms with Crippen LogP contribution in [0.25, 0.3) is 0 Å². The first-order valence-corrected chi connectivity index (χ1v) is 13.3. The van der Waals surface area contributed by atoms with Crippen LogP contribution in [0.2, 0.25) is 0 Å². The average Bonchev–Trinajstić information content (AvgIpc) is 2.83. The number of rotatable bonds is 3. The molecule has 2 atom stereocenters. The Balaban J connectivity index is 1.41. The summed E-state index contributed by atoms with van der Waals surface area (Å²) in [6, 6.07) is 19.5. The molecule has 174 valence electrons. The van der Waals surface area contributed by atoms with Crippen molar-refractivity contribution in [3.8, 4) is 5.75 Å². The van der Waals surface area contributed by atoms with Crippen LogP contribution in [-0.2, 0) is 27.8 Å². The molecule has 0 spiro atoms. The van der Waals surface area contributed by atoms with Gasteiger partial charge in [0.25, 0.3) is 0 Å². The zero-order chi connectivity index (χ0) is 23.6. The van der Waals surface area contributed by atoms with Gasteiger partial charge < -0.3 is 9.29 Å². The Morgan fingerprint density at radius 2 is 1.35 bits per heavy atom. The number of fused-ring (bicyclic) bond motifs is 2. The van der Waals surface area contributed by atoms with E-state index in [1.807, 2.05) is 12.1 Å². The van der Waals surface area contributed by atoms with Crippen LogP contribution >= 0.6 is 0 Å². The van der Waals surface area contributed by atoms with Crippen LogP contribution in [0.1, 0.15) is 65.0 Å². The molecular weight excluding hydrogens is 448 g/mol. The molecular formula is C28H25O5S-. The number of carbonyl (C=O) groups is 1. The van der Waals surface area contributed by atoms with E-state index in [2.05, 4.69) is 43.3 Å². The van der Waals surface area contributed by atoms with E-state index in [0.717, 1.165) is 12.8 Å². The quantitative estimate of drug-likeness (QED) is 0.306. The van der Waals surface area contributed by atoms with Crippen LogP contribution < -0.4 is 4.74 Å². The maximum Gasteiger partial charge on any atom is 0.315 e. The zero-order valence-electron chi connectivity index (χ0n) is 18.9. The minimum Gasteiger partial charge on any atom is -0.744 e. The van der Waals surface area contributed by atoms with Crippen LogP contribution in [0, 0.1) is 11.8 Å². The summed E-state index contributed by atoms with van der Waals surface area (Å²) < 4.78 is 41.4. The summed E-state index contributed by atoms with van der Waals surface area (Å²) in [7, 11) is -4.58. The van der Waals surface area contributed by atoms with E-state index >= 15 is 0 Å². The van der Waals surface area contributed by atoms with Crippen molar-refractivity contribution in [2.45, 2.75) is 49.3 Å². The molecule has 2 bridgehead atoms. The Morgan fingerprint density at radius 1 is 0.824 bits per heavy atom. The number of ether oxygens (including phenoxy) is 1. The van der Waals surface area contributed by atoms with Crippen LogP contribution in [0.5, 0.6) is 5.75 Å². The van der Waals surface area contributed by atoms with E-state index < -0.39 is 10.1 Å². The molecule has 3 aromatic rings. The van der Waals surface area contributed by atoms with Gasteiger partial charge in [-0.1, -0.05) is 55.5 Å². The predicted octanol–water partition coefficient (Wildman–Crippen LogP) is 4.92. The van der Waals surface area contributed by atoms with Crippen molar-refractivity contribution in [1.29, 1.82) is 0 Å². The molecule has 0 heterocycles. The highest BCUT2D eigenvalue weighted by molar-refractivity contribution is 7.85. The summed E-state index contributed by atoms with van der Waals surface area (Å²) in [5, 5.41) is 0. The average molecular weight is 474 g/mol. The van der Waals surface area contributed by atoms with Crippen molar-refractivity contribution >= 4 is 16.1 Å². The second-order valence-electron chi connectivity index (χ2n) is 9.70. The highest BCUT2D eigenvalue weighted by Crippen LogP contribution is 2.58. The summed E-state index contributed by atoms with van der Waals surface area (Å²) in [4.78, 5) is 13.6. The first-order valence-electron chi connectivity index (χ1n) is 11.9. The van der Waals surface area contributed by atoms with Gasteiger partial charge in [-0.25, -0.2) is 8.42 Å². The Labute approximate surface area is 199 Å². The molecule has 0 N–H and O–H groups in total. The van der Waals surface area contributed by atoms with Gasteiger partial charge in [-0.3, -0.25) is 4.79 Å². The minimum atomic E-state index is -4.58. The Bertz CT molecular complexity index is 1380. The van der Waals surface area contributed by atoms with E-state index in [4.69, 9.17) is 4.74 Å². The lowest BCUT2D eigenvalue weighted by atomic mass is 9.54.